The summed E-state index contributed by atoms with van der Waals surface area (Å²) in [5, 5.41) is 12.9. The van der Waals surface area contributed by atoms with E-state index in [1.165, 1.54) is 11.8 Å². The number of carboxylic acids is 1. The molecule has 1 aromatic rings. The van der Waals surface area contributed by atoms with E-state index in [-0.39, 0.29) is 0 Å². The molecule has 0 spiro atoms. The van der Waals surface area contributed by atoms with Crippen molar-refractivity contribution in [1.29, 1.82) is 0 Å². The first-order chi connectivity index (χ1) is 8.04. The standard InChI is InChI=1S/C11H13Cl2NO2S/c1-14-9(11(15)16)4-5-17-10-6-7(12)2-3-8(10)13/h2-3,6,9,14H,4-5H2,1H3,(H,15,16). The molecule has 17 heavy (non-hydrogen) atoms. The highest BCUT2D eigenvalue weighted by Crippen LogP contribution is 2.30. The SMILES string of the molecule is CNC(CCSc1cc(Cl)ccc1Cl)C(=O)O. The number of carbonyl (C=O) groups is 1. The Morgan fingerprint density at radius 2 is 2.24 bits per heavy atom. The lowest BCUT2D eigenvalue weighted by Gasteiger charge is -2.10. The summed E-state index contributed by atoms with van der Waals surface area (Å²) in [4.78, 5) is 11.6. The molecule has 0 amide bonds. The number of halogens is 2. The van der Waals surface area contributed by atoms with Gasteiger partial charge in [0.05, 0.1) is 5.02 Å². The average molecular weight is 294 g/mol. The molecule has 94 valence electrons. The number of hydrogen-bond donors (Lipinski definition) is 2. The van der Waals surface area contributed by atoms with E-state index in [0.29, 0.717) is 22.2 Å². The van der Waals surface area contributed by atoms with Crippen molar-refractivity contribution in [1.82, 2.24) is 5.32 Å². The van der Waals surface area contributed by atoms with Crippen LogP contribution >= 0.6 is 35.0 Å². The van der Waals surface area contributed by atoms with Crippen LogP contribution in [0.3, 0.4) is 0 Å². The minimum absolute atomic E-state index is 0.527. The van der Waals surface area contributed by atoms with Gasteiger partial charge in [-0.25, -0.2) is 0 Å². The topological polar surface area (TPSA) is 49.3 Å². The summed E-state index contributed by atoms with van der Waals surface area (Å²) in [6, 6.07) is 4.71. The van der Waals surface area contributed by atoms with Gasteiger partial charge in [-0.1, -0.05) is 23.2 Å². The highest BCUT2D eigenvalue weighted by Gasteiger charge is 2.14. The fourth-order valence-electron chi connectivity index (χ4n) is 1.27. The van der Waals surface area contributed by atoms with E-state index >= 15 is 0 Å². The second-order valence-corrected chi connectivity index (χ2v) is 5.37. The molecule has 1 aromatic carbocycles. The molecule has 0 saturated heterocycles. The number of benzene rings is 1. The molecule has 0 aliphatic carbocycles. The number of rotatable bonds is 6. The molecule has 0 aliphatic heterocycles. The fourth-order valence-corrected chi connectivity index (χ4v) is 2.77. The Balaban J connectivity index is 2.50. The summed E-state index contributed by atoms with van der Waals surface area (Å²) in [7, 11) is 1.63. The van der Waals surface area contributed by atoms with Crippen LogP contribution in [0.2, 0.25) is 10.0 Å². The van der Waals surface area contributed by atoms with Gasteiger partial charge in [0.25, 0.3) is 0 Å². The molecular weight excluding hydrogens is 281 g/mol. The molecule has 1 unspecified atom stereocenters. The van der Waals surface area contributed by atoms with E-state index in [2.05, 4.69) is 5.32 Å². The number of nitrogens with one attached hydrogen (secondary N) is 1. The third-order valence-electron chi connectivity index (χ3n) is 2.20. The number of hydrogen-bond acceptors (Lipinski definition) is 3. The van der Waals surface area contributed by atoms with Crippen molar-refractivity contribution in [3.8, 4) is 0 Å². The molecule has 2 N–H and O–H groups in total. The molecule has 1 atom stereocenters. The number of likely N-dealkylation sites (N-methyl/N-ethyl adjacent to an activating group) is 1. The van der Waals surface area contributed by atoms with Gasteiger partial charge >= 0.3 is 5.97 Å². The van der Waals surface area contributed by atoms with Crippen LogP contribution in [0.4, 0.5) is 0 Å². The van der Waals surface area contributed by atoms with E-state index in [1.807, 2.05) is 0 Å². The molecule has 0 aromatic heterocycles. The zero-order valence-corrected chi connectivity index (χ0v) is 11.6. The third-order valence-corrected chi connectivity index (χ3v) is 3.97. The van der Waals surface area contributed by atoms with Crippen molar-refractivity contribution in [3.63, 3.8) is 0 Å². The lowest BCUT2D eigenvalue weighted by atomic mass is 10.2. The van der Waals surface area contributed by atoms with Crippen molar-refractivity contribution in [2.75, 3.05) is 12.8 Å². The quantitative estimate of drug-likeness (QED) is 0.791. The van der Waals surface area contributed by atoms with Crippen molar-refractivity contribution in [2.24, 2.45) is 0 Å². The van der Waals surface area contributed by atoms with Gasteiger partial charge in [0.15, 0.2) is 0 Å². The Morgan fingerprint density at radius 3 is 2.82 bits per heavy atom. The summed E-state index contributed by atoms with van der Waals surface area (Å²) in [5.74, 6) is -0.178. The Labute approximate surface area is 114 Å². The molecule has 0 bridgehead atoms. The lowest BCUT2D eigenvalue weighted by Crippen LogP contribution is -2.34. The van der Waals surface area contributed by atoms with E-state index in [1.54, 1.807) is 25.2 Å². The van der Waals surface area contributed by atoms with E-state index in [0.717, 1.165) is 4.90 Å². The zero-order valence-electron chi connectivity index (χ0n) is 9.24. The van der Waals surface area contributed by atoms with Crippen molar-refractivity contribution >= 4 is 40.9 Å². The summed E-state index contributed by atoms with van der Waals surface area (Å²) >= 11 is 13.4. The second-order valence-electron chi connectivity index (χ2n) is 3.39. The maximum absolute atomic E-state index is 10.8. The monoisotopic (exact) mass is 293 g/mol. The van der Waals surface area contributed by atoms with Crippen LogP contribution in [0.1, 0.15) is 6.42 Å². The minimum atomic E-state index is -0.842. The van der Waals surface area contributed by atoms with Crippen LogP contribution < -0.4 is 5.32 Å². The van der Waals surface area contributed by atoms with E-state index in [9.17, 15) is 4.79 Å². The van der Waals surface area contributed by atoms with Gasteiger partial charge in [0.1, 0.15) is 6.04 Å². The number of aliphatic carboxylic acids is 1. The molecule has 3 nitrogen and oxygen atoms in total. The third kappa shape index (κ3) is 4.76. The minimum Gasteiger partial charge on any atom is -0.480 e. The Morgan fingerprint density at radius 1 is 1.53 bits per heavy atom. The van der Waals surface area contributed by atoms with Crippen molar-refractivity contribution in [3.05, 3.63) is 28.2 Å². The van der Waals surface area contributed by atoms with Gasteiger partial charge in [-0.15, -0.1) is 11.8 Å². The molecule has 0 heterocycles. The molecular formula is C11H13Cl2NO2S. The molecule has 0 radical (unpaired) electrons. The van der Waals surface area contributed by atoms with Crippen LogP contribution in [-0.4, -0.2) is 29.9 Å². The molecule has 0 fully saturated rings. The summed E-state index contributed by atoms with van der Waals surface area (Å²) in [5.41, 5.74) is 0. The van der Waals surface area contributed by atoms with Crippen LogP contribution in [0, 0.1) is 0 Å². The van der Waals surface area contributed by atoms with Gasteiger partial charge < -0.3 is 10.4 Å². The van der Waals surface area contributed by atoms with Crippen molar-refractivity contribution in [2.45, 2.75) is 17.4 Å². The zero-order chi connectivity index (χ0) is 12.8. The molecule has 0 saturated carbocycles. The molecule has 1 rings (SSSR count). The Bertz CT molecular complexity index is 401. The molecule has 6 heteroatoms. The number of thioether (sulfide) groups is 1. The summed E-state index contributed by atoms with van der Waals surface area (Å²) < 4.78 is 0. The number of carboxylic acid groups (broad SMARTS) is 1. The second kappa shape index (κ2) is 7.11. The Kier molecular flexibility index (Phi) is 6.12. The molecule has 0 aliphatic rings. The van der Waals surface area contributed by atoms with Gasteiger partial charge in [-0.3, -0.25) is 4.79 Å². The maximum atomic E-state index is 10.8. The largest absolute Gasteiger partial charge is 0.480 e. The Hall–Kier alpha value is -0.420. The van der Waals surface area contributed by atoms with Crippen molar-refractivity contribution < 1.29 is 9.90 Å². The van der Waals surface area contributed by atoms with E-state index < -0.39 is 12.0 Å². The van der Waals surface area contributed by atoms with Gasteiger partial charge in [0, 0.05) is 15.7 Å². The van der Waals surface area contributed by atoms with Gasteiger partial charge in [-0.2, -0.15) is 0 Å². The highest BCUT2D eigenvalue weighted by molar-refractivity contribution is 7.99. The first-order valence-electron chi connectivity index (χ1n) is 5.02. The van der Waals surface area contributed by atoms with E-state index in [4.69, 9.17) is 28.3 Å². The maximum Gasteiger partial charge on any atom is 0.320 e. The summed E-state index contributed by atoms with van der Waals surface area (Å²) in [6.07, 6.45) is 0.527. The fraction of sp³-hybridized carbons (Fsp3) is 0.364. The normalized spacial score (nSPS) is 12.4. The predicted molar refractivity (Wildman–Crippen MR) is 72.3 cm³/mol. The summed E-state index contributed by atoms with van der Waals surface area (Å²) in [6.45, 7) is 0. The predicted octanol–water partition coefficient (Wildman–Crippen LogP) is 3.15. The lowest BCUT2D eigenvalue weighted by molar-refractivity contribution is -0.139. The van der Waals surface area contributed by atoms with Gasteiger partial charge in [-0.05, 0) is 31.7 Å². The first-order valence-corrected chi connectivity index (χ1v) is 6.76. The average Bonchev–Trinajstić information content (AvgIpc) is 2.28. The highest BCUT2D eigenvalue weighted by atomic mass is 35.5. The first kappa shape index (κ1) is 14.6. The smallest absolute Gasteiger partial charge is 0.320 e. The van der Waals surface area contributed by atoms with Crippen LogP contribution in [-0.2, 0) is 4.79 Å². The van der Waals surface area contributed by atoms with Gasteiger partial charge in [0.2, 0.25) is 0 Å². The van der Waals surface area contributed by atoms with Crippen LogP contribution in [0.25, 0.3) is 0 Å². The van der Waals surface area contributed by atoms with Crippen LogP contribution in [0.15, 0.2) is 23.1 Å². The van der Waals surface area contributed by atoms with Crippen LogP contribution in [0.5, 0.6) is 0 Å².